The maximum absolute atomic E-state index is 9.78. The fourth-order valence-electron chi connectivity index (χ4n) is 2.26. The van der Waals surface area contributed by atoms with E-state index < -0.39 is 0 Å². The standard InChI is InChI=1S/C13H19BrN2O2/c1-18-13-10(11(14)2-3-12(13)17)4-7-16-8-5-15-6-9-16/h2-3,15,17H,4-9H2,1H3. The van der Waals surface area contributed by atoms with Gasteiger partial charge in [0.05, 0.1) is 7.11 Å². The third-order valence-electron chi connectivity index (χ3n) is 3.27. The Bertz CT molecular complexity index is 406. The van der Waals surface area contributed by atoms with Crippen LogP contribution in [0.15, 0.2) is 16.6 Å². The van der Waals surface area contributed by atoms with Crippen molar-refractivity contribution in [3.05, 3.63) is 22.2 Å². The Balaban J connectivity index is 2.05. The molecule has 0 aliphatic carbocycles. The summed E-state index contributed by atoms with van der Waals surface area (Å²) in [7, 11) is 1.59. The molecule has 1 fully saturated rings. The zero-order valence-corrected chi connectivity index (χ0v) is 12.2. The van der Waals surface area contributed by atoms with Gasteiger partial charge in [0.2, 0.25) is 0 Å². The number of methoxy groups -OCH3 is 1. The van der Waals surface area contributed by atoms with Crippen LogP contribution in [0.4, 0.5) is 0 Å². The molecule has 0 saturated carbocycles. The van der Waals surface area contributed by atoms with Crippen molar-refractivity contribution in [1.82, 2.24) is 10.2 Å². The number of aromatic hydroxyl groups is 1. The van der Waals surface area contributed by atoms with E-state index in [1.54, 1.807) is 13.2 Å². The summed E-state index contributed by atoms with van der Waals surface area (Å²) >= 11 is 3.53. The molecular formula is C13H19BrN2O2. The van der Waals surface area contributed by atoms with Gasteiger partial charge in [0.25, 0.3) is 0 Å². The number of ether oxygens (including phenoxy) is 1. The molecule has 0 amide bonds. The van der Waals surface area contributed by atoms with E-state index in [2.05, 4.69) is 26.1 Å². The minimum absolute atomic E-state index is 0.205. The molecule has 1 aromatic rings. The summed E-state index contributed by atoms with van der Waals surface area (Å²) in [6.45, 7) is 5.26. The van der Waals surface area contributed by atoms with Crippen molar-refractivity contribution in [2.24, 2.45) is 0 Å². The predicted octanol–water partition coefficient (Wildman–Crippen LogP) is 1.61. The maximum atomic E-state index is 9.78. The van der Waals surface area contributed by atoms with Crippen molar-refractivity contribution in [3.8, 4) is 11.5 Å². The van der Waals surface area contributed by atoms with Gasteiger partial charge < -0.3 is 20.1 Å². The van der Waals surface area contributed by atoms with E-state index in [1.165, 1.54) is 0 Å². The minimum atomic E-state index is 0.205. The van der Waals surface area contributed by atoms with Crippen molar-refractivity contribution in [3.63, 3.8) is 0 Å². The Labute approximate surface area is 116 Å². The van der Waals surface area contributed by atoms with Crippen LogP contribution in [0.5, 0.6) is 11.5 Å². The van der Waals surface area contributed by atoms with Crippen molar-refractivity contribution >= 4 is 15.9 Å². The summed E-state index contributed by atoms with van der Waals surface area (Å²) in [5.41, 5.74) is 1.04. The Morgan fingerprint density at radius 3 is 2.78 bits per heavy atom. The number of nitrogens with zero attached hydrogens (tertiary/aromatic N) is 1. The molecule has 0 atom stereocenters. The molecule has 5 heteroatoms. The lowest BCUT2D eigenvalue weighted by atomic mass is 10.1. The molecule has 2 N–H and O–H groups in total. The number of benzene rings is 1. The average Bonchev–Trinajstić information content (AvgIpc) is 2.41. The molecule has 0 aromatic heterocycles. The third-order valence-corrected chi connectivity index (χ3v) is 4.02. The Hall–Kier alpha value is -0.780. The largest absolute Gasteiger partial charge is 0.504 e. The number of phenolic OH excluding ortho intramolecular Hbond substituents is 1. The maximum Gasteiger partial charge on any atom is 0.164 e. The first kappa shape index (κ1) is 13.6. The normalized spacial score (nSPS) is 16.8. The number of hydrogen-bond donors (Lipinski definition) is 2. The minimum Gasteiger partial charge on any atom is -0.504 e. The van der Waals surface area contributed by atoms with E-state index in [0.29, 0.717) is 5.75 Å². The van der Waals surface area contributed by atoms with Gasteiger partial charge >= 0.3 is 0 Å². The predicted molar refractivity (Wildman–Crippen MR) is 75.4 cm³/mol. The molecule has 18 heavy (non-hydrogen) atoms. The molecule has 1 aromatic carbocycles. The van der Waals surface area contributed by atoms with E-state index in [0.717, 1.165) is 49.2 Å². The first-order chi connectivity index (χ1) is 8.72. The van der Waals surface area contributed by atoms with Gasteiger partial charge in [-0.25, -0.2) is 0 Å². The van der Waals surface area contributed by atoms with Crippen molar-refractivity contribution in [2.45, 2.75) is 6.42 Å². The van der Waals surface area contributed by atoms with Gasteiger partial charge in [0.1, 0.15) is 0 Å². The second-order valence-corrected chi connectivity index (χ2v) is 5.27. The molecule has 1 aliphatic rings. The summed E-state index contributed by atoms with van der Waals surface area (Å²) in [6, 6.07) is 3.52. The Kier molecular flexibility index (Phi) is 4.86. The number of hydrogen-bond acceptors (Lipinski definition) is 4. The molecule has 0 unspecified atom stereocenters. The lowest BCUT2D eigenvalue weighted by Gasteiger charge is -2.27. The molecule has 100 valence electrons. The quantitative estimate of drug-likeness (QED) is 0.886. The van der Waals surface area contributed by atoms with Crippen LogP contribution in [0.1, 0.15) is 5.56 Å². The van der Waals surface area contributed by atoms with Crippen LogP contribution in [-0.4, -0.2) is 49.8 Å². The topological polar surface area (TPSA) is 44.7 Å². The zero-order chi connectivity index (χ0) is 13.0. The van der Waals surface area contributed by atoms with Gasteiger partial charge in [-0.2, -0.15) is 0 Å². The van der Waals surface area contributed by atoms with Crippen molar-refractivity contribution in [2.75, 3.05) is 39.8 Å². The molecule has 0 radical (unpaired) electrons. The first-order valence-electron chi connectivity index (χ1n) is 6.19. The fourth-order valence-corrected chi connectivity index (χ4v) is 2.77. The molecule has 0 bridgehead atoms. The van der Waals surface area contributed by atoms with Gasteiger partial charge in [-0.15, -0.1) is 0 Å². The second kappa shape index (κ2) is 6.41. The van der Waals surface area contributed by atoms with Crippen LogP contribution in [0.2, 0.25) is 0 Å². The molecule has 1 aliphatic heterocycles. The Morgan fingerprint density at radius 1 is 1.39 bits per heavy atom. The highest BCUT2D eigenvalue weighted by atomic mass is 79.9. The molecular weight excluding hydrogens is 296 g/mol. The van der Waals surface area contributed by atoms with Crippen LogP contribution >= 0.6 is 15.9 Å². The number of nitrogens with one attached hydrogen (secondary N) is 1. The highest BCUT2D eigenvalue weighted by Gasteiger charge is 2.15. The van der Waals surface area contributed by atoms with Gasteiger partial charge in [0, 0.05) is 42.8 Å². The number of piperazine rings is 1. The highest BCUT2D eigenvalue weighted by Crippen LogP contribution is 2.35. The second-order valence-electron chi connectivity index (χ2n) is 4.42. The van der Waals surface area contributed by atoms with Gasteiger partial charge in [-0.1, -0.05) is 15.9 Å². The van der Waals surface area contributed by atoms with Crippen LogP contribution in [-0.2, 0) is 6.42 Å². The third kappa shape index (κ3) is 3.16. The summed E-state index contributed by atoms with van der Waals surface area (Å²) < 4.78 is 6.28. The first-order valence-corrected chi connectivity index (χ1v) is 6.99. The van der Waals surface area contributed by atoms with Crippen molar-refractivity contribution in [1.29, 1.82) is 0 Å². The smallest absolute Gasteiger partial charge is 0.164 e. The number of halogens is 1. The number of rotatable bonds is 4. The van der Waals surface area contributed by atoms with Gasteiger partial charge in [-0.05, 0) is 18.6 Å². The summed E-state index contributed by atoms with van der Waals surface area (Å²) in [6.07, 6.45) is 0.873. The van der Waals surface area contributed by atoms with Crippen LogP contribution in [0.3, 0.4) is 0 Å². The molecule has 1 heterocycles. The lowest BCUT2D eigenvalue weighted by molar-refractivity contribution is 0.242. The summed E-state index contributed by atoms with van der Waals surface area (Å²) in [5.74, 6) is 0.788. The van der Waals surface area contributed by atoms with E-state index in [-0.39, 0.29) is 5.75 Å². The van der Waals surface area contributed by atoms with E-state index in [1.807, 2.05) is 6.07 Å². The highest BCUT2D eigenvalue weighted by molar-refractivity contribution is 9.10. The molecule has 4 nitrogen and oxygen atoms in total. The van der Waals surface area contributed by atoms with Crippen molar-refractivity contribution < 1.29 is 9.84 Å². The fraction of sp³-hybridized carbons (Fsp3) is 0.538. The van der Waals surface area contributed by atoms with E-state index >= 15 is 0 Å². The molecule has 2 rings (SSSR count). The summed E-state index contributed by atoms with van der Waals surface area (Å²) in [4.78, 5) is 2.42. The monoisotopic (exact) mass is 314 g/mol. The molecule has 1 saturated heterocycles. The van der Waals surface area contributed by atoms with E-state index in [4.69, 9.17) is 4.74 Å². The van der Waals surface area contributed by atoms with Gasteiger partial charge in [0.15, 0.2) is 11.5 Å². The summed E-state index contributed by atoms with van der Waals surface area (Å²) in [5, 5.41) is 13.1. The zero-order valence-electron chi connectivity index (χ0n) is 10.6. The van der Waals surface area contributed by atoms with Crippen LogP contribution in [0, 0.1) is 0 Å². The number of phenols is 1. The van der Waals surface area contributed by atoms with Crippen LogP contribution in [0.25, 0.3) is 0 Å². The molecule has 0 spiro atoms. The SMILES string of the molecule is COc1c(O)ccc(Br)c1CCN1CCNCC1. The van der Waals surface area contributed by atoms with E-state index in [9.17, 15) is 5.11 Å². The van der Waals surface area contributed by atoms with Crippen LogP contribution < -0.4 is 10.1 Å². The lowest BCUT2D eigenvalue weighted by Crippen LogP contribution is -2.44. The average molecular weight is 315 g/mol. The van der Waals surface area contributed by atoms with Gasteiger partial charge in [-0.3, -0.25) is 0 Å². The Morgan fingerprint density at radius 2 is 2.11 bits per heavy atom.